The van der Waals surface area contributed by atoms with Gasteiger partial charge in [0.15, 0.2) is 0 Å². The lowest BCUT2D eigenvalue weighted by Crippen LogP contribution is -2.51. The number of esters is 1. The number of urea groups is 1. The molecule has 0 aromatic heterocycles. The van der Waals surface area contributed by atoms with Crippen molar-refractivity contribution in [3.8, 4) is 5.75 Å². The third kappa shape index (κ3) is 3.72. The van der Waals surface area contributed by atoms with Crippen molar-refractivity contribution < 1.29 is 19.1 Å². The van der Waals surface area contributed by atoms with E-state index in [9.17, 15) is 9.59 Å². The molecular formula is C24H22N2O4. The third-order valence-electron chi connectivity index (χ3n) is 5.21. The van der Waals surface area contributed by atoms with Crippen LogP contribution in [0, 0.1) is 5.92 Å². The molecule has 1 saturated heterocycles. The number of fused-ring (bicyclic) bond motifs is 1. The number of carbonyl (C=O) groups is 2. The Labute approximate surface area is 174 Å². The predicted octanol–water partition coefficient (Wildman–Crippen LogP) is 4.08. The summed E-state index contributed by atoms with van der Waals surface area (Å²) in [6.07, 6.45) is 0. The van der Waals surface area contributed by atoms with Crippen molar-refractivity contribution in [2.24, 2.45) is 5.92 Å². The van der Waals surface area contributed by atoms with E-state index in [1.165, 1.54) is 0 Å². The first-order valence-electron chi connectivity index (χ1n) is 9.61. The second kappa shape index (κ2) is 8.29. The molecule has 0 bridgehead atoms. The fraction of sp³-hybridized carbons (Fsp3) is 0.167. The topological polar surface area (TPSA) is 76.7 Å². The van der Waals surface area contributed by atoms with Crippen LogP contribution in [0.3, 0.4) is 0 Å². The van der Waals surface area contributed by atoms with E-state index < -0.39 is 24.0 Å². The molecule has 6 heteroatoms. The average Bonchev–Trinajstić information content (AvgIpc) is 2.76. The zero-order valence-corrected chi connectivity index (χ0v) is 16.6. The quantitative estimate of drug-likeness (QED) is 0.631. The number of benzene rings is 3. The van der Waals surface area contributed by atoms with Gasteiger partial charge in [0.2, 0.25) is 0 Å². The van der Waals surface area contributed by atoms with Gasteiger partial charge in [-0.25, -0.2) is 4.79 Å². The van der Waals surface area contributed by atoms with Crippen LogP contribution in [0.2, 0.25) is 0 Å². The minimum Gasteiger partial charge on any atom is -0.496 e. The largest absolute Gasteiger partial charge is 0.496 e. The van der Waals surface area contributed by atoms with Crippen molar-refractivity contribution in [3.05, 3.63) is 90.1 Å². The third-order valence-corrected chi connectivity index (χ3v) is 5.21. The summed E-state index contributed by atoms with van der Waals surface area (Å²) >= 11 is 0. The summed E-state index contributed by atoms with van der Waals surface area (Å²) in [6.45, 7) is 4.06. The van der Waals surface area contributed by atoms with Gasteiger partial charge in [-0.15, -0.1) is 0 Å². The molecule has 2 N–H and O–H groups in total. The smallest absolute Gasteiger partial charge is 0.319 e. The Balaban J connectivity index is 1.73. The molecule has 0 unspecified atom stereocenters. The van der Waals surface area contributed by atoms with Crippen molar-refractivity contribution in [2.45, 2.75) is 12.6 Å². The molecule has 1 aliphatic rings. The van der Waals surface area contributed by atoms with Crippen molar-refractivity contribution in [1.29, 1.82) is 0 Å². The zero-order chi connectivity index (χ0) is 21.1. The first kappa shape index (κ1) is 19.5. The minimum atomic E-state index is -0.814. The number of rotatable bonds is 5. The summed E-state index contributed by atoms with van der Waals surface area (Å²) in [5, 5.41) is 7.34. The van der Waals surface area contributed by atoms with Gasteiger partial charge in [-0.05, 0) is 22.4 Å². The van der Waals surface area contributed by atoms with E-state index in [4.69, 9.17) is 9.47 Å². The molecule has 2 atom stereocenters. The summed E-state index contributed by atoms with van der Waals surface area (Å²) in [4.78, 5) is 25.4. The van der Waals surface area contributed by atoms with Gasteiger partial charge in [0.05, 0.1) is 13.2 Å². The van der Waals surface area contributed by atoms with Gasteiger partial charge < -0.3 is 20.1 Å². The highest BCUT2D eigenvalue weighted by atomic mass is 16.5. The summed E-state index contributed by atoms with van der Waals surface area (Å²) in [7, 11) is 1.56. The van der Waals surface area contributed by atoms with Crippen LogP contribution in [0.25, 0.3) is 10.8 Å². The van der Waals surface area contributed by atoms with Gasteiger partial charge in [0.25, 0.3) is 0 Å². The molecule has 0 radical (unpaired) electrons. The highest BCUT2D eigenvalue weighted by Gasteiger charge is 2.41. The summed E-state index contributed by atoms with van der Waals surface area (Å²) < 4.78 is 11.2. The maximum absolute atomic E-state index is 13.1. The molecule has 0 saturated carbocycles. The second-order valence-corrected chi connectivity index (χ2v) is 7.07. The number of hydrogen-bond acceptors (Lipinski definition) is 4. The molecule has 4 rings (SSSR count). The summed E-state index contributed by atoms with van der Waals surface area (Å²) in [6, 6.07) is 19.9. The first-order chi connectivity index (χ1) is 14.6. The van der Waals surface area contributed by atoms with E-state index in [1.807, 2.05) is 66.7 Å². The summed E-state index contributed by atoms with van der Waals surface area (Å²) in [5.74, 6) is -0.711. The Hall–Kier alpha value is -3.80. The fourth-order valence-corrected chi connectivity index (χ4v) is 3.80. The van der Waals surface area contributed by atoms with Gasteiger partial charge in [0.1, 0.15) is 18.3 Å². The maximum Gasteiger partial charge on any atom is 0.319 e. The molecular weight excluding hydrogens is 380 g/mol. The van der Waals surface area contributed by atoms with Crippen LogP contribution in [-0.2, 0) is 16.1 Å². The standard InChI is InChI=1S/C24H22N2O4/c1-15-20(23(27)30-14-16-8-4-3-5-9-16)22(26-24(28)25-15)21-18-11-7-6-10-17(18)12-13-19(21)29-2/h3-13,20,22H,1,14H2,2H3,(H2,25,26,28)/t20-,22-/m0/s1. The van der Waals surface area contributed by atoms with Crippen LogP contribution < -0.4 is 15.4 Å². The lowest BCUT2D eigenvalue weighted by atomic mass is 9.86. The molecule has 3 aromatic carbocycles. The molecule has 3 aromatic rings. The van der Waals surface area contributed by atoms with Crippen LogP contribution in [0.1, 0.15) is 17.2 Å². The van der Waals surface area contributed by atoms with E-state index in [-0.39, 0.29) is 12.3 Å². The Morgan fingerprint density at radius 1 is 1.03 bits per heavy atom. The van der Waals surface area contributed by atoms with Crippen molar-refractivity contribution in [3.63, 3.8) is 0 Å². The number of ether oxygens (including phenoxy) is 2. The highest BCUT2D eigenvalue weighted by molar-refractivity contribution is 5.92. The van der Waals surface area contributed by atoms with Crippen LogP contribution in [0.5, 0.6) is 5.75 Å². The average molecular weight is 402 g/mol. The zero-order valence-electron chi connectivity index (χ0n) is 16.6. The monoisotopic (exact) mass is 402 g/mol. The molecule has 1 heterocycles. The van der Waals surface area contributed by atoms with E-state index in [0.717, 1.165) is 16.3 Å². The molecule has 1 fully saturated rings. The van der Waals surface area contributed by atoms with E-state index in [0.29, 0.717) is 11.3 Å². The first-order valence-corrected chi connectivity index (χ1v) is 9.61. The maximum atomic E-state index is 13.1. The second-order valence-electron chi connectivity index (χ2n) is 7.07. The highest BCUT2D eigenvalue weighted by Crippen LogP contribution is 2.40. The van der Waals surface area contributed by atoms with Crippen LogP contribution in [0.4, 0.5) is 4.79 Å². The van der Waals surface area contributed by atoms with Crippen LogP contribution in [-0.4, -0.2) is 19.1 Å². The van der Waals surface area contributed by atoms with Crippen LogP contribution >= 0.6 is 0 Å². The van der Waals surface area contributed by atoms with Crippen molar-refractivity contribution in [1.82, 2.24) is 10.6 Å². The van der Waals surface area contributed by atoms with Gasteiger partial charge >= 0.3 is 12.0 Å². The van der Waals surface area contributed by atoms with E-state index >= 15 is 0 Å². The van der Waals surface area contributed by atoms with E-state index in [2.05, 4.69) is 17.2 Å². The van der Waals surface area contributed by atoms with Crippen molar-refractivity contribution >= 4 is 22.8 Å². The molecule has 2 amide bonds. The molecule has 152 valence electrons. The minimum absolute atomic E-state index is 0.136. The lowest BCUT2D eigenvalue weighted by Gasteiger charge is -2.34. The Morgan fingerprint density at radius 2 is 1.77 bits per heavy atom. The SMILES string of the molecule is C=C1NC(=O)N[C@H](c2c(OC)ccc3ccccc23)[C@H]1C(=O)OCc1ccccc1. The number of methoxy groups -OCH3 is 1. The molecule has 30 heavy (non-hydrogen) atoms. The summed E-state index contributed by atoms with van der Waals surface area (Å²) in [5.41, 5.74) is 1.88. The normalized spacial score (nSPS) is 18.4. The Morgan fingerprint density at radius 3 is 2.53 bits per heavy atom. The number of hydrogen-bond donors (Lipinski definition) is 2. The van der Waals surface area contributed by atoms with Gasteiger partial charge in [-0.3, -0.25) is 4.79 Å². The predicted molar refractivity (Wildman–Crippen MR) is 114 cm³/mol. The van der Waals surface area contributed by atoms with Gasteiger partial charge in [-0.2, -0.15) is 0 Å². The molecule has 6 nitrogen and oxygen atoms in total. The number of amides is 2. The Kier molecular flexibility index (Phi) is 5.39. The van der Waals surface area contributed by atoms with Crippen LogP contribution in [0.15, 0.2) is 79.0 Å². The lowest BCUT2D eigenvalue weighted by molar-refractivity contribution is -0.149. The van der Waals surface area contributed by atoms with Crippen molar-refractivity contribution in [2.75, 3.05) is 7.11 Å². The Bertz CT molecular complexity index is 1110. The van der Waals surface area contributed by atoms with Gasteiger partial charge in [0, 0.05) is 11.3 Å². The van der Waals surface area contributed by atoms with E-state index in [1.54, 1.807) is 7.11 Å². The molecule has 0 spiro atoms. The van der Waals surface area contributed by atoms with Gasteiger partial charge in [-0.1, -0.05) is 67.2 Å². The number of nitrogens with one attached hydrogen (secondary N) is 2. The number of carbonyl (C=O) groups excluding carboxylic acids is 2. The fourth-order valence-electron chi connectivity index (χ4n) is 3.80. The molecule has 0 aliphatic carbocycles. The molecule has 1 aliphatic heterocycles.